The van der Waals surface area contributed by atoms with Crippen LogP contribution in [-0.2, 0) is 5.88 Å². The number of hydrogen-bond donors (Lipinski definition) is 1. The van der Waals surface area contributed by atoms with Crippen molar-refractivity contribution < 1.29 is 4.79 Å². The molecule has 72 valence electrons. The molecule has 0 unspecified atom stereocenters. The van der Waals surface area contributed by atoms with Crippen molar-refractivity contribution in [3.8, 4) is 0 Å². The quantitative estimate of drug-likeness (QED) is 0.635. The Labute approximate surface area is 90.0 Å². The Morgan fingerprint density at radius 2 is 2.29 bits per heavy atom. The maximum absolute atomic E-state index is 11.1. The number of aromatic amines is 1. The number of benzene rings is 1. The summed E-state index contributed by atoms with van der Waals surface area (Å²) in [4.78, 5) is 18.1. The van der Waals surface area contributed by atoms with Gasteiger partial charge in [0, 0.05) is 11.1 Å². The highest BCUT2D eigenvalue weighted by Crippen LogP contribution is 2.22. The molecular formula is C9H6Cl2N2O. The lowest BCUT2D eigenvalue weighted by molar-refractivity contribution is 0.108. The van der Waals surface area contributed by atoms with Crippen LogP contribution in [0.15, 0.2) is 18.5 Å². The minimum Gasteiger partial charge on any atom is -0.345 e. The van der Waals surface area contributed by atoms with Gasteiger partial charge < -0.3 is 4.98 Å². The largest absolute Gasteiger partial charge is 0.345 e. The second kappa shape index (κ2) is 3.59. The van der Waals surface area contributed by atoms with Crippen LogP contribution in [0.4, 0.5) is 0 Å². The maximum Gasteiger partial charge on any atom is 0.252 e. The molecule has 0 aliphatic rings. The molecule has 1 N–H and O–H groups in total. The summed E-state index contributed by atoms with van der Waals surface area (Å²) in [7, 11) is 0. The van der Waals surface area contributed by atoms with Crippen LogP contribution in [0.5, 0.6) is 0 Å². The second-order valence-electron chi connectivity index (χ2n) is 2.80. The lowest BCUT2D eigenvalue weighted by Crippen LogP contribution is -1.96. The fourth-order valence-corrected chi connectivity index (χ4v) is 1.83. The topological polar surface area (TPSA) is 45.8 Å². The molecule has 0 aliphatic heterocycles. The summed E-state index contributed by atoms with van der Waals surface area (Å²) in [5.41, 5.74) is 2.64. The molecule has 14 heavy (non-hydrogen) atoms. The Bertz CT molecular complexity index is 493. The van der Waals surface area contributed by atoms with Crippen LogP contribution in [0.2, 0.25) is 0 Å². The van der Waals surface area contributed by atoms with Gasteiger partial charge in [0.15, 0.2) is 0 Å². The maximum atomic E-state index is 11.1. The second-order valence-corrected chi connectivity index (χ2v) is 3.41. The molecule has 0 saturated carbocycles. The number of fused-ring (bicyclic) bond motifs is 1. The van der Waals surface area contributed by atoms with E-state index in [4.69, 9.17) is 23.2 Å². The molecule has 3 nitrogen and oxygen atoms in total. The summed E-state index contributed by atoms with van der Waals surface area (Å²) in [5.74, 6) is 0.218. The van der Waals surface area contributed by atoms with Crippen molar-refractivity contribution in [1.82, 2.24) is 9.97 Å². The Kier molecular flexibility index (Phi) is 2.44. The molecule has 5 heteroatoms. The van der Waals surface area contributed by atoms with E-state index in [0.29, 0.717) is 16.6 Å². The first-order valence-corrected chi connectivity index (χ1v) is 4.86. The Morgan fingerprint density at radius 1 is 1.50 bits per heavy atom. The summed E-state index contributed by atoms with van der Waals surface area (Å²) >= 11 is 11.2. The molecule has 0 bridgehead atoms. The molecule has 0 saturated heterocycles. The normalized spacial score (nSPS) is 10.7. The molecule has 1 aromatic heterocycles. The van der Waals surface area contributed by atoms with Crippen LogP contribution in [0.3, 0.4) is 0 Å². The van der Waals surface area contributed by atoms with Gasteiger partial charge in [0.05, 0.1) is 23.2 Å². The van der Waals surface area contributed by atoms with Crippen LogP contribution in [0.25, 0.3) is 11.0 Å². The first kappa shape index (κ1) is 9.49. The Hall–Kier alpha value is -1.06. The average Bonchev–Trinajstić information content (AvgIpc) is 2.63. The van der Waals surface area contributed by atoms with Crippen LogP contribution in [-0.4, -0.2) is 15.2 Å². The van der Waals surface area contributed by atoms with E-state index in [1.54, 1.807) is 18.5 Å². The monoisotopic (exact) mass is 228 g/mol. The molecule has 1 heterocycles. The van der Waals surface area contributed by atoms with Crippen molar-refractivity contribution in [1.29, 1.82) is 0 Å². The van der Waals surface area contributed by atoms with Crippen molar-refractivity contribution >= 4 is 39.5 Å². The number of aromatic nitrogens is 2. The first-order chi connectivity index (χ1) is 6.74. The van der Waals surface area contributed by atoms with E-state index in [2.05, 4.69) is 9.97 Å². The number of carbonyl (C=O) groups is 1. The first-order valence-electron chi connectivity index (χ1n) is 3.95. The number of imidazole rings is 1. The summed E-state index contributed by atoms with van der Waals surface area (Å²) in [6.07, 6.45) is 1.56. The van der Waals surface area contributed by atoms with Crippen LogP contribution in [0, 0.1) is 0 Å². The highest BCUT2D eigenvalue weighted by molar-refractivity contribution is 6.68. The standard InChI is InChI=1S/C9H6Cl2N2O/c10-3-6-5(9(11)14)1-2-7-8(6)13-4-12-7/h1-2,4H,3H2,(H,12,13). The summed E-state index contributed by atoms with van der Waals surface area (Å²) in [5, 5.41) is -0.509. The molecule has 0 amide bonds. The molecule has 0 fully saturated rings. The van der Waals surface area contributed by atoms with Gasteiger partial charge in [0.2, 0.25) is 0 Å². The van der Waals surface area contributed by atoms with Gasteiger partial charge in [-0.3, -0.25) is 4.79 Å². The van der Waals surface area contributed by atoms with E-state index >= 15 is 0 Å². The van der Waals surface area contributed by atoms with E-state index in [1.807, 2.05) is 0 Å². The number of nitrogens with one attached hydrogen (secondary N) is 1. The van der Waals surface area contributed by atoms with E-state index in [-0.39, 0.29) is 5.88 Å². The van der Waals surface area contributed by atoms with E-state index in [9.17, 15) is 4.79 Å². The summed E-state index contributed by atoms with van der Waals surface area (Å²) in [6.45, 7) is 0. The fourth-order valence-electron chi connectivity index (χ4n) is 1.39. The summed E-state index contributed by atoms with van der Waals surface area (Å²) < 4.78 is 0. The van der Waals surface area contributed by atoms with Gasteiger partial charge in [-0.15, -0.1) is 11.6 Å². The van der Waals surface area contributed by atoms with Gasteiger partial charge >= 0.3 is 0 Å². The molecule has 0 atom stereocenters. The molecule has 0 radical (unpaired) electrons. The van der Waals surface area contributed by atoms with Crippen LogP contribution < -0.4 is 0 Å². The molecule has 2 rings (SSSR count). The van der Waals surface area contributed by atoms with E-state index in [1.165, 1.54) is 0 Å². The average molecular weight is 229 g/mol. The van der Waals surface area contributed by atoms with Gasteiger partial charge in [-0.25, -0.2) is 4.98 Å². The van der Waals surface area contributed by atoms with Crippen molar-refractivity contribution in [3.05, 3.63) is 29.6 Å². The minimum atomic E-state index is -0.509. The van der Waals surface area contributed by atoms with Gasteiger partial charge in [0.25, 0.3) is 5.24 Å². The molecule has 0 spiro atoms. The third kappa shape index (κ3) is 1.38. The zero-order valence-electron chi connectivity index (χ0n) is 7.05. The van der Waals surface area contributed by atoms with Gasteiger partial charge in [-0.2, -0.15) is 0 Å². The molecule has 1 aromatic carbocycles. The zero-order chi connectivity index (χ0) is 10.1. The number of H-pyrrole nitrogens is 1. The Balaban J connectivity index is 2.78. The van der Waals surface area contributed by atoms with Crippen molar-refractivity contribution in [2.45, 2.75) is 5.88 Å². The van der Waals surface area contributed by atoms with Crippen molar-refractivity contribution in [2.24, 2.45) is 0 Å². The van der Waals surface area contributed by atoms with Crippen molar-refractivity contribution in [3.63, 3.8) is 0 Å². The highest BCUT2D eigenvalue weighted by Gasteiger charge is 2.12. The predicted molar refractivity (Wildman–Crippen MR) is 55.8 cm³/mol. The van der Waals surface area contributed by atoms with Gasteiger partial charge in [-0.1, -0.05) is 0 Å². The lowest BCUT2D eigenvalue weighted by atomic mass is 10.1. The number of rotatable bonds is 2. The third-order valence-corrected chi connectivity index (χ3v) is 2.51. The number of nitrogens with zero attached hydrogens (tertiary/aromatic N) is 1. The molecule has 0 aliphatic carbocycles. The highest BCUT2D eigenvalue weighted by atomic mass is 35.5. The predicted octanol–water partition coefficient (Wildman–Crippen LogP) is 2.68. The van der Waals surface area contributed by atoms with E-state index < -0.39 is 5.24 Å². The van der Waals surface area contributed by atoms with Crippen LogP contribution >= 0.6 is 23.2 Å². The van der Waals surface area contributed by atoms with Gasteiger partial charge in [-0.05, 0) is 23.7 Å². The third-order valence-electron chi connectivity index (χ3n) is 2.04. The number of hydrogen-bond acceptors (Lipinski definition) is 2. The lowest BCUT2D eigenvalue weighted by Gasteiger charge is -2.02. The molecule has 2 aromatic rings. The number of alkyl halides is 1. The number of halogens is 2. The fraction of sp³-hybridized carbons (Fsp3) is 0.111. The number of carbonyl (C=O) groups excluding carboxylic acids is 1. The van der Waals surface area contributed by atoms with Crippen molar-refractivity contribution in [2.75, 3.05) is 0 Å². The zero-order valence-corrected chi connectivity index (χ0v) is 8.56. The Morgan fingerprint density at radius 3 is 2.93 bits per heavy atom. The van der Waals surface area contributed by atoms with Gasteiger partial charge in [0.1, 0.15) is 0 Å². The summed E-state index contributed by atoms with van der Waals surface area (Å²) in [6, 6.07) is 3.40. The SMILES string of the molecule is O=C(Cl)c1ccc2[nH]cnc2c1CCl. The smallest absolute Gasteiger partial charge is 0.252 e. The van der Waals surface area contributed by atoms with Crippen LogP contribution in [0.1, 0.15) is 15.9 Å². The van der Waals surface area contributed by atoms with E-state index in [0.717, 1.165) is 5.52 Å². The molecular weight excluding hydrogens is 223 g/mol. The minimum absolute atomic E-state index is 0.218.